The van der Waals surface area contributed by atoms with E-state index in [4.69, 9.17) is 20.5 Å². The van der Waals surface area contributed by atoms with Crippen molar-refractivity contribution in [1.82, 2.24) is 26.7 Å². The van der Waals surface area contributed by atoms with E-state index in [1.807, 2.05) is 0 Å². The van der Waals surface area contributed by atoms with E-state index in [0.717, 1.165) is 108 Å². The highest BCUT2D eigenvalue weighted by Crippen LogP contribution is 2.56. The zero-order valence-corrected chi connectivity index (χ0v) is 43.6. The molecule has 0 radical (unpaired) electrons. The number of azo groups is 2. The Kier molecular flexibility index (Phi) is 15.9. The summed E-state index contributed by atoms with van der Waals surface area (Å²) in [6.45, 7) is 0. The number of aliphatic hydroxyl groups excluding tert-OH is 2. The van der Waals surface area contributed by atoms with Gasteiger partial charge in [0.25, 0.3) is 0 Å². The molecule has 10 aliphatic carbocycles. The zero-order chi connectivity index (χ0) is 48.0. The molecule has 398 valence electrons. The topological polar surface area (TPSA) is 187 Å². The van der Waals surface area contributed by atoms with Crippen molar-refractivity contribution in [3.05, 3.63) is 0 Å². The Bertz CT molecular complexity index is 1810. The lowest BCUT2D eigenvalue weighted by molar-refractivity contribution is -0.136. The lowest BCUT2D eigenvalue weighted by Crippen LogP contribution is -2.61. The Morgan fingerprint density at radius 3 is 1.52 bits per heavy atom. The Morgan fingerprint density at radius 2 is 0.972 bits per heavy atom. The number of hydrogen-bond acceptors (Lipinski definition) is 12. The van der Waals surface area contributed by atoms with Crippen LogP contribution in [0.4, 0.5) is 0 Å². The minimum atomic E-state index is -0.781. The lowest BCUT2D eigenvalue weighted by Gasteiger charge is -2.52. The molecule has 0 aromatic heterocycles. The van der Waals surface area contributed by atoms with Crippen molar-refractivity contribution in [1.29, 1.82) is 0 Å². The molecule has 19 atom stereocenters. The van der Waals surface area contributed by atoms with E-state index in [9.17, 15) is 20.2 Å². The normalized spacial score (nSPS) is 49.0. The minimum absolute atomic E-state index is 0.00535. The summed E-state index contributed by atoms with van der Waals surface area (Å²) in [5, 5.41) is 72.1. The van der Waals surface area contributed by atoms with Crippen LogP contribution in [-0.4, -0.2) is 106 Å². The van der Waals surface area contributed by atoms with Crippen LogP contribution in [0.1, 0.15) is 205 Å². The molecule has 12 aliphatic rings. The number of fused-ring (bicyclic) bond motifs is 10. The van der Waals surface area contributed by atoms with E-state index >= 15 is 0 Å². The predicted octanol–water partition coefficient (Wildman–Crippen LogP) is 9.32. The first-order valence-corrected chi connectivity index (χ1v) is 31.0. The molecular weight excluding hydrogens is 887 g/mol. The van der Waals surface area contributed by atoms with Crippen LogP contribution in [-0.2, 0) is 4.79 Å². The highest BCUT2D eigenvalue weighted by molar-refractivity contribution is 5.80. The standard InChI is InChI=1S/C58H97N9O4/c68-56-45(51(67-71)33-11-3-1-4-12-33)31-34-19-29-43-41-15-7-9-17-47(41)61-52(43)49(34)54(56)65-63-39-25-21-37(22-26-39)59-38-23-27-40(28-24-38)64-66-55-50-35(20-30-44-42-16-8-10-18-48(42)62-53(44)50)32-46(57(55)69)58(70)60-36-13-5-2-6-14-36/h33-57,59,61-62,67-69,71H,1-32H2,(H,60,70). The second-order valence-electron chi connectivity index (χ2n) is 26.9. The zero-order valence-electron chi connectivity index (χ0n) is 43.6. The van der Waals surface area contributed by atoms with Gasteiger partial charge in [0.05, 0.1) is 30.2 Å². The Morgan fingerprint density at radius 1 is 0.479 bits per heavy atom. The van der Waals surface area contributed by atoms with Gasteiger partial charge in [-0.25, -0.2) is 5.48 Å². The van der Waals surface area contributed by atoms with Gasteiger partial charge in [-0.1, -0.05) is 64.2 Å². The van der Waals surface area contributed by atoms with Gasteiger partial charge in [0.15, 0.2) is 0 Å². The maximum absolute atomic E-state index is 14.0. The fourth-order valence-corrected chi connectivity index (χ4v) is 19.7. The van der Waals surface area contributed by atoms with Crippen molar-refractivity contribution in [2.24, 2.45) is 85.6 Å². The molecule has 12 rings (SSSR count). The number of rotatable bonds is 11. The number of nitrogens with zero attached hydrogens (tertiary/aromatic N) is 4. The predicted molar refractivity (Wildman–Crippen MR) is 276 cm³/mol. The smallest absolute Gasteiger partial charge is 0.226 e. The largest absolute Gasteiger partial charge is 0.390 e. The molecule has 0 spiro atoms. The minimum Gasteiger partial charge on any atom is -0.390 e. The fourth-order valence-electron chi connectivity index (χ4n) is 19.7. The van der Waals surface area contributed by atoms with Gasteiger partial charge in [-0.15, -0.1) is 0 Å². The van der Waals surface area contributed by atoms with Gasteiger partial charge in [0.2, 0.25) is 5.91 Å². The van der Waals surface area contributed by atoms with Crippen LogP contribution in [0.3, 0.4) is 0 Å². The number of nitrogens with one attached hydrogen (secondary N) is 5. The van der Waals surface area contributed by atoms with Gasteiger partial charge < -0.3 is 36.7 Å². The maximum atomic E-state index is 14.0. The van der Waals surface area contributed by atoms with E-state index in [0.29, 0.717) is 71.8 Å². The monoisotopic (exact) mass is 984 g/mol. The third-order valence-electron chi connectivity index (χ3n) is 23.3. The molecule has 12 fully saturated rings. The van der Waals surface area contributed by atoms with E-state index in [1.165, 1.54) is 109 Å². The van der Waals surface area contributed by atoms with Crippen LogP contribution in [0, 0.1) is 65.1 Å². The summed E-state index contributed by atoms with van der Waals surface area (Å²) in [7, 11) is 0. The fraction of sp³-hybridized carbons (Fsp3) is 0.983. The highest BCUT2D eigenvalue weighted by Gasteiger charge is 2.60. The average molecular weight is 984 g/mol. The molecule has 2 heterocycles. The maximum Gasteiger partial charge on any atom is 0.226 e. The molecular formula is C58H97N9O4. The first kappa shape index (κ1) is 50.2. The summed E-state index contributed by atoms with van der Waals surface area (Å²) in [5.74, 6) is 4.46. The molecule has 0 aromatic rings. The van der Waals surface area contributed by atoms with Crippen LogP contribution in [0.5, 0.6) is 0 Å². The third-order valence-corrected chi connectivity index (χ3v) is 23.3. The molecule has 2 saturated heterocycles. The van der Waals surface area contributed by atoms with Gasteiger partial charge in [-0.3, -0.25) is 4.79 Å². The average Bonchev–Trinajstić information content (AvgIpc) is 3.99. The van der Waals surface area contributed by atoms with Gasteiger partial charge in [0.1, 0.15) is 12.1 Å². The first-order chi connectivity index (χ1) is 34.9. The van der Waals surface area contributed by atoms with Gasteiger partial charge in [-0.05, 0) is 183 Å². The van der Waals surface area contributed by atoms with Crippen molar-refractivity contribution < 1.29 is 20.2 Å². The highest BCUT2D eigenvalue weighted by atomic mass is 16.5. The number of carbonyl (C=O) groups excluding carboxylic acids is 1. The molecule has 8 N–H and O–H groups in total. The Balaban J connectivity index is 0.664. The molecule has 13 nitrogen and oxygen atoms in total. The summed E-state index contributed by atoms with van der Waals surface area (Å²) in [4.78, 5) is 14.0. The SMILES string of the molecule is O=C(NC1CCCCC1)C1CC2CCC3C4CCCCC4NC3C2C(N=NC2CCC(NC3CCC(N=NC4C(O)C(C(NO)C5CCCCC5)CC5CCC6C7CCCCC7NC6C54)CC3)CC2)C1O. The molecule has 2 aliphatic heterocycles. The lowest BCUT2D eigenvalue weighted by atomic mass is 9.56. The summed E-state index contributed by atoms with van der Waals surface area (Å²) in [5.41, 5.74) is 2.79. The molecule has 19 unspecified atom stereocenters. The Labute approximate surface area is 427 Å². The van der Waals surface area contributed by atoms with Gasteiger partial charge in [-0.2, -0.15) is 20.5 Å². The van der Waals surface area contributed by atoms with E-state index in [1.54, 1.807) is 0 Å². The van der Waals surface area contributed by atoms with E-state index in [2.05, 4.69) is 26.7 Å². The molecule has 13 heteroatoms. The van der Waals surface area contributed by atoms with Crippen molar-refractivity contribution in [2.45, 2.75) is 290 Å². The summed E-state index contributed by atoms with van der Waals surface area (Å²) in [6, 6.07) is 3.03. The molecule has 71 heavy (non-hydrogen) atoms. The summed E-state index contributed by atoms with van der Waals surface area (Å²) in [6.07, 6.45) is 36.2. The third kappa shape index (κ3) is 10.4. The summed E-state index contributed by atoms with van der Waals surface area (Å²) >= 11 is 0. The van der Waals surface area contributed by atoms with Crippen molar-refractivity contribution in [3.63, 3.8) is 0 Å². The van der Waals surface area contributed by atoms with Gasteiger partial charge in [0, 0.05) is 66.1 Å². The van der Waals surface area contributed by atoms with Crippen molar-refractivity contribution >= 4 is 5.91 Å². The first-order valence-electron chi connectivity index (χ1n) is 31.0. The number of carbonyl (C=O) groups is 1. The number of amides is 1. The van der Waals surface area contributed by atoms with Crippen LogP contribution in [0.15, 0.2) is 20.5 Å². The van der Waals surface area contributed by atoms with E-state index in [-0.39, 0.29) is 54.0 Å². The quantitative estimate of drug-likeness (QED) is 0.0743. The second-order valence-corrected chi connectivity index (χ2v) is 26.9. The van der Waals surface area contributed by atoms with Crippen LogP contribution < -0.4 is 26.7 Å². The molecule has 10 saturated carbocycles. The van der Waals surface area contributed by atoms with Crippen LogP contribution >= 0.6 is 0 Å². The number of aliphatic hydroxyl groups is 2. The van der Waals surface area contributed by atoms with Crippen molar-refractivity contribution in [2.75, 3.05) is 0 Å². The molecule has 0 aromatic carbocycles. The van der Waals surface area contributed by atoms with E-state index < -0.39 is 18.1 Å². The van der Waals surface area contributed by atoms with Crippen LogP contribution in [0.2, 0.25) is 0 Å². The Hall–Kier alpha value is -1.61. The molecule has 1 amide bonds. The van der Waals surface area contributed by atoms with Crippen molar-refractivity contribution in [3.8, 4) is 0 Å². The second kappa shape index (κ2) is 22.5. The molecule has 0 bridgehead atoms. The number of hydroxylamine groups is 1. The summed E-state index contributed by atoms with van der Waals surface area (Å²) < 4.78 is 0. The van der Waals surface area contributed by atoms with Crippen LogP contribution in [0.25, 0.3) is 0 Å². The number of hydrogen-bond donors (Lipinski definition) is 8. The van der Waals surface area contributed by atoms with Gasteiger partial charge >= 0.3 is 0 Å².